The van der Waals surface area contributed by atoms with E-state index in [0.29, 0.717) is 0 Å². The molecule has 0 bridgehead atoms. The Kier molecular flexibility index (Phi) is 9.40. The van der Waals surface area contributed by atoms with E-state index in [-0.39, 0.29) is 17.1 Å². The van der Waals surface area contributed by atoms with Crippen molar-refractivity contribution in [3.05, 3.63) is 16.7 Å². The molecule has 2 saturated heterocycles. The molecule has 2 fully saturated rings. The molecule has 43 heavy (non-hydrogen) atoms. The van der Waals surface area contributed by atoms with Gasteiger partial charge in [0.25, 0.3) is 21.2 Å². The van der Waals surface area contributed by atoms with E-state index in [1.165, 1.54) is 0 Å². The molecule has 0 spiro atoms. The third-order valence-corrected chi connectivity index (χ3v) is 8.63. The van der Waals surface area contributed by atoms with Crippen LogP contribution in [-0.2, 0) is 41.6 Å². The molecule has 8 N–H and O–H groups in total. The number of amides is 1. The van der Waals surface area contributed by atoms with Crippen molar-refractivity contribution in [2.45, 2.75) is 62.1 Å². The van der Waals surface area contributed by atoms with Gasteiger partial charge in [-0.15, -0.1) is 0 Å². The Morgan fingerprint density at radius 3 is 2.44 bits per heavy atom. The maximum atomic E-state index is 12.4. The number of aliphatic carboxylic acids is 1. The molecular weight excluding hydrogens is 634 g/mol. The number of nitrogen functional groups attached to an aromatic ring is 1. The van der Waals surface area contributed by atoms with Crippen molar-refractivity contribution in [1.82, 2.24) is 24.8 Å². The number of ether oxygens (including phenoxy) is 2. The molecule has 0 aromatic carbocycles. The molecule has 2 aliphatic rings. The Labute approximate surface area is 238 Å². The first-order valence-corrected chi connectivity index (χ1v) is 14.7. The summed E-state index contributed by atoms with van der Waals surface area (Å²) in [5.74, 6) is -3.36. The van der Waals surface area contributed by atoms with Gasteiger partial charge in [-0.1, -0.05) is 0 Å². The molecule has 2 unspecified atom stereocenters. The summed E-state index contributed by atoms with van der Waals surface area (Å²) in [5, 5.41) is 54.0. The average molecular weight is 657 g/mol. The summed E-state index contributed by atoms with van der Waals surface area (Å²) in [6.07, 6.45) is -15.0. The number of carbonyl (C=O) groups excluding carboxylic acids is 2. The Morgan fingerprint density at radius 2 is 1.81 bits per heavy atom. The number of imidazole rings is 1. The van der Waals surface area contributed by atoms with Crippen molar-refractivity contribution in [3.63, 3.8) is 0 Å². The number of anilines is 1. The molecule has 2 aliphatic heterocycles. The number of hydrogen-bond acceptors (Lipinski definition) is 20. The number of carboxylic acids is 1. The molecule has 0 saturated carbocycles. The summed E-state index contributed by atoms with van der Waals surface area (Å²) in [6, 6.07) is -1.94. The molecule has 0 aliphatic carbocycles. The standard InChI is InChI=1S/C18H26N6O17P2/c1-4(25)21-6-9(27)10(28)12(16(31)32)39-17(6)40-43(35,36)41-42(33,34)37-2-5-8(26)11(29)15(38-5)24-3-20-7-13(24)22-18(19)23-14(7)30/h3,5-6,8-12,15,17,26-29H,2H2,1H3,(H,21,25)(H,31,32)(H,33,34)(H,35,36)(H3,19,22,23,30)/p-3/t5-,6+,8-,9-,10+,11-,12+,15-,17-/m1/s1. The number of carboxylic acid groups (broad SMARTS) is 1. The van der Waals surface area contributed by atoms with Gasteiger partial charge in [0.2, 0.25) is 11.9 Å². The number of phosphoric ester groups is 2. The van der Waals surface area contributed by atoms with Gasteiger partial charge < -0.3 is 65.2 Å². The van der Waals surface area contributed by atoms with E-state index < -0.39 is 94.9 Å². The van der Waals surface area contributed by atoms with Crippen molar-refractivity contribution in [1.29, 1.82) is 0 Å². The molecule has 1 amide bonds. The number of rotatable bonds is 10. The van der Waals surface area contributed by atoms with Crippen LogP contribution in [0.2, 0.25) is 0 Å². The van der Waals surface area contributed by atoms with Crippen molar-refractivity contribution in [2.24, 2.45) is 0 Å². The van der Waals surface area contributed by atoms with E-state index in [0.717, 1.165) is 17.8 Å². The van der Waals surface area contributed by atoms with Crippen LogP contribution < -0.4 is 31.5 Å². The van der Waals surface area contributed by atoms with Crippen LogP contribution in [0.1, 0.15) is 13.2 Å². The number of fused-ring (bicyclic) bond motifs is 1. The first kappa shape index (κ1) is 33.0. The van der Waals surface area contributed by atoms with Crippen LogP contribution in [0.5, 0.6) is 0 Å². The van der Waals surface area contributed by atoms with Gasteiger partial charge in [0.1, 0.15) is 42.7 Å². The SMILES string of the molecule is CC(=O)N[C@@H]1[C@@H](OP(=O)([O-])OP(=O)([O-])OC[C@H]2O[C@@H](n3cnc4c(=O)[nH]c(N)nc43)[C@H](O)[C@@H]2O)O[C@H](C(=O)[O-])[C@@H](O)[C@@H]1O. The van der Waals surface area contributed by atoms with Crippen LogP contribution in [0.3, 0.4) is 0 Å². The minimum atomic E-state index is -6.09. The van der Waals surface area contributed by atoms with Crippen molar-refractivity contribution < 1.29 is 76.9 Å². The van der Waals surface area contributed by atoms with Gasteiger partial charge in [0.15, 0.2) is 23.7 Å². The summed E-state index contributed by atoms with van der Waals surface area (Å²) in [6.45, 7) is -0.250. The second-order valence-electron chi connectivity index (χ2n) is 9.15. The number of aromatic nitrogens is 4. The molecule has 11 atom stereocenters. The van der Waals surface area contributed by atoms with Gasteiger partial charge in [-0.3, -0.25) is 32.8 Å². The largest absolute Gasteiger partial charge is 0.756 e. The average Bonchev–Trinajstić information content (AvgIpc) is 3.42. The zero-order chi connectivity index (χ0) is 32.0. The van der Waals surface area contributed by atoms with Crippen LogP contribution in [0.25, 0.3) is 11.2 Å². The number of aliphatic hydroxyl groups is 4. The highest BCUT2D eigenvalue weighted by Gasteiger charge is 2.48. The highest BCUT2D eigenvalue weighted by atomic mass is 31.3. The Balaban J connectivity index is 1.43. The molecule has 2 aromatic rings. The fourth-order valence-electron chi connectivity index (χ4n) is 4.22. The zero-order valence-corrected chi connectivity index (χ0v) is 23.2. The number of aliphatic hydroxyl groups excluding tert-OH is 4. The summed E-state index contributed by atoms with van der Waals surface area (Å²) in [4.78, 5) is 69.2. The summed E-state index contributed by atoms with van der Waals surface area (Å²) < 4.78 is 48.6. The van der Waals surface area contributed by atoms with Crippen LogP contribution in [0.4, 0.5) is 5.95 Å². The van der Waals surface area contributed by atoms with E-state index in [2.05, 4.69) is 28.3 Å². The topological polar surface area (TPSA) is 366 Å². The summed E-state index contributed by atoms with van der Waals surface area (Å²) >= 11 is 0. The maximum absolute atomic E-state index is 12.4. The number of aromatic amines is 1. The number of phosphoric acid groups is 2. The van der Waals surface area contributed by atoms with E-state index in [1.807, 2.05) is 5.32 Å². The zero-order valence-electron chi connectivity index (χ0n) is 21.4. The van der Waals surface area contributed by atoms with Crippen LogP contribution in [0, 0.1) is 0 Å². The lowest BCUT2D eigenvalue weighted by atomic mass is 9.97. The summed E-state index contributed by atoms with van der Waals surface area (Å²) in [7, 11) is -12.0. The van der Waals surface area contributed by atoms with Crippen LogP contribution in [-0.4, -0.2) is 107 Å². The van der Waals surface area contributed by atoms with Crippen LogP contribution >= 0.6 is 15.6 Å². The minimum absolute atomic E-state index is 0.164. The van der Waals surface area contributed by atoms with Gasteiger partial charge in [0, 0.05) is 6.92 Å². The quantitative estimate of drug-likeness (QED) is 0.117. The predicted molar refractivity (Wildman–Crippen MR) is 125 cm³/mol. The molecule has 240 valence electrons. The second kappa shape index (κ2) is 12.2. The van der Waals surface area contributed by atoms with E-state index in [1.54, 1.807) is 0 Å². The van der Waals surface area contributed by atoms with Gasteiger partial charge in [-0.25, -0.2) is 9.29 Å². The minimum Gasteiger partial charge on any atom is -0.756 e. The van der Waals surface area contributed by atoms with Gasteiger partial charge in [-0.05, 0) is 0 Å². The van der Waals surface area contributed by atoms with Crippen molar-refractivity contribution in [3.8, 4) is 0 Å². The molecule has 2 aromatic heterocycles. The first-order valence-electron chi connectivity index (χ1n) is 11.8. The lowest BCUT2D eigenvalue weighted by Gasteiger charge is -2.44. The number of nitrogens with two attached hydrogens (primary N) is 1. The third-order valence-electron chi connectivity index (χ3n) is 6.10. The number of hydrogen-bond donors (Lipinski definition) is 7. The van der Waals surface area contributed by atoms with E-state index >= 15 is 0 Å². The molecule has 4 heterocycles. The smallest absolute Gasteiger partial charge is 0.280 e. The predicted octanol–water partition coefficient (Wildman–Crippen LogP) is -6.99. The molecule has 0 radical (unpaired) electrons. The molecule has 23 nitrogen and oxygen atoms in total. The highest BCUT2D eigenvalue weighted by molar-refractivity contribution is 7.59. The highest BCUT2D eigenvalue weighted by Crippen LogP contribution is 2.57. The Hall–Kier alpha value is -2.89. The lowest BCUT2D eigenvalue weighted by molar-refractivity contribution is -0.340. The first-order chi connectivity index (χ1) is 19.9. The van der Waals surface area contributed by atoms with Gasteiger partial charge in [0.05, 0.1) is 18.9 Å². The number of carbonyl (C=O) groups is 2. The van der Waals surface area contributed by atoms with Crippen molar-refractivity contribution in [2.75, 3.05) is 12.3 Å². The molecule has 25 heteroatoms. The fraction of sp³-hybridized carbons (Fsp3) is 0.611. The third kappa shape index (κ3) is 7.10. The second-order valence-corrected chi connectivity index (χ2v) is 12.1. The monoisotopic (exact) mass is 657 g/mol. The number of nitrogens with one attached hydrogen (secondary N) is 2. The Bertz CT molecular complexity index is 1530. The van der Waals surface area contributed by atoms with E-state index in [9.17, 15) is 58.8 Å². The number of nitrogens with zero attached hydrogens (tertiary/aromatic N) is 3. The van der Waals surface area contributed by atoms with Crippen molar-refractivity contribution >= 4 is 44.6 Å². The maximum Gasteiger partial charge on any atom is 0.280 e. The van der Waals surface area contributed by atoms with Gasteiger partial charge >= 0.3 is 0 Å². The molecular formula is C18H23N6O17P2-3. The normalized spacial score (nSPS) is 34.0. The Morgan fingerprint density at radius 1 is 1.14 bits per heavy atom. The number of H-pyrrole nitrogens is 1. The van der Waals surface area contributed by atoms with Gasteiger partial charge in [-0.2, -0.15) is 4.98 Å². The summed E-state index contributed by atoms with van der Waals surface area (Å²) in [5.41, 5.74) is 4.40. The lowest BCUT2D eigenvalue weighted by Crippen LogP contribution is -2.66. The van der Waals surface area contributed by atoms with E-state index in [4.69, 9.17) is 15.2 Å². The fourth-order valence-corrected chi connectivity index (χ4v) is 6.31. The van der Waals surface area contributed by atoms with Crippen LogP contribution in [0.15, 0.2) is 11.1 Å². The molecule has 4 rings (SSSR count).